The highest BCUT2D eigenvalue weighted by molar-refractivity contribution is 5.75. The van der Waals surface area contributed by atoms with E-state index in [9.17, 15) is 4.79 Å². The molecule has 0 saturated heterocycles. The van der Waals surface area contributed by atoms with Crippen LogP contribution in [-0.4, -0.2) is 29.6 Å². The average molecular weight is 276 g/mol. The molecule has 1 fully saturated rings. The second kappa shape index (κ2) is 6.75. The van der Waals surface area contributed by atoms with Crippen LogP contribution < -0.4 is 5.73 Å². The van der Waals surface area contributed by atoms with Crippen molar-refractivity contribution in [2.24, 2.45) is 0 Å². The number of para-hydroxylation sites is 1. The fourth-order valence-electron chi connectivity index (χ4n) is 2.55. The summed E-state index contributed by atoms with van der Waals surface area (Å²) in [4.78, 5) is 14.4. The minimum absolute atomic E-state index is 0.114. The topological polar surface area (TPSA) is 55.6 Å². The summed E-state index contributed by atoms with van der Waals surface area (Å²) in [6.07, 6.45) is 3.08. The van der Waals surface area contributed by atoms with Gasteiger partial charge in [-0.3, -0.25) is 9.69 Å². The number of benzene rings is 1. The van der Waals surface area contributed by atoms with Crippen LogP contribution in [0, 0.1) is 0 Å². The fourth-order valence-corrected chi connectivity index (χ4v) is 2.55. The zero-order chi connectivity index (χ0) is 14.5. The van der Waals surface area contributed by atoms with Crippen LogP contribution in [-0.2, 0) is 16.1 Å². The van der Waals surface area contributed by atoms with Crippen molar-refractivity contribution >= 4 is 11.7 Å². The van der Waals surface area contributed by atoms with Crippen molar-refractivity contribution in [3.8, 4) is 0 Å². The fraction of sp³-hybridized carbons (Fsp3) is 0.562. The molecule has 1 unspecified atom stereocenters. The number of nitrogens with two attached hydrogens (primary N) is 1. The first-order valence-electron chi connectivity index (χ1n) is 7.43. The van der Waals surface area contributed by atoms with E-state index in [0.717, 1.165) is 30.5 Å². The van der Waals surface area contributed by atoms with Crippen LogP contribution in [0.2, 0.25) is 0 Å². The smallest absolute Gasteiger partial charge is 0.323 e. The van der Waals surface area contributed by atoms with E-state index in [-0.39, 0.29) is 12.0 Å². The lowest BCUT2D eigenvalue weighted by Gasteiger charge is -2.29. The molecule has 1 aromatic rings. The average Bonchev–Trinajstić information content (AvgIpc) is 3.25. The molecule has 0 aromatic heterocycles. The summed E-state index contributed by atoms with van der Waals surface area (Å²) in [5.74, 6) is -0.114. The Bertz CT molecular complexity index is 458. The van der Waals surface area contributed by atoms with Crippen LogP contribution in [0.15, 0.2) is 24.3 Å². The van der Waals surface area contributed by atoms with Gasteiger partial charge in [0.2, 0.25) is 0 Å². The molecule has 0 bridgehead atoms. The number of nitrogens with zero attached hydrogens (tertiary/aromatic N) is 1. The molecular weight excluding hydrogens is 252 g/mol. The number of esters is 1. The van der Waals surface area contributed by atoms with Crippen molar-refractivity contribution in [3.05, 3.63) is 29.8 Å². The first-order valence-corrected chi connectivity index (χ1v) is 7.43. The summed E-state index contributed by atoms with van der Waals surface area (Å²) in [6.45, 7) is 5.03. The summed E-state index contributed by atoms with van der Waals surface area (Å²) >= 11 is 0. The number of ether oxygens (including phenoxy) is 1. The molecule has 0 aliphatic heterocycles. The molecule has 4 heteroatoms. The van der Waals surface area contributed by atoms with Crippen LogP contribution in [0.1, 0.15) is 38.7 Å². The molecule has 0 heterocycles. The summed E-state index contributed by atoms with van der Waals surface area (Å²) in [5, 5.41) is 0. The maximum absolute atomic E-state index is 12.1. The van der Waals surface area contributed by atoms with Crippen molar-refractivity contribution in [3.63, 3.8) is 0 Å². The first-order chi connectivity index (χ1) is 9.67. The molecule has 0 radical (unpaired) electrons. The van der Waals surface area contributed by atoms with Gasteiger partial charge in [-0.05, 0) is 37.8 Å². The summed E-state index contributed by atoms with van der Waals surface area (Å²) < 4.78 is 5.21. The standard InChI is InChI=1S/C16H24N2O2/c1-3-15(16(19)20-4-2)18(13-9-10-13)11-12-7-5-6-8-14(12)17/h5-8,13,15H,3-4,9-11,17H2,1-2H3. The molecule has 1 atom stereocenters. The molecule has 20 heavy (non-hydrogen) atoms. The van der Waals surface area contributed by atoms with Crippen LogP contribution >= 0.6 is 0 Å². The van der Waals surface area contributed by atoms with Gasteiger partial charge in [0.05, 0.1) is 6.61 Å². The summed E-state index contributed by atoms with van der Waals surface area (Å²) in [7, 11) is 0. The molecule has 4 nitrogen and oxygen atoms in total. The number of anilines is 1. The van der Waals surface area contributed by atoms with E-state index in [1.54, 1.807) is 0 Å². The van der Waals surface area contributed by atoms with Crippen molar-refractivity contribution in [2.75, 3.05) is 12.3 Å². The zero-order valence-electron chi connectivity index (χ0n) is 12.3. The Morgan fingerprint density at radius 3 is 2.65 bits per heavy atom. The van der Waals surface area contributed by atoms with Gasteiger partial charge in [-0.1, -0.05) is 25.1 Å². The van der Waals surface area contributed by atoms with Crippen molar-refractivity contribution in [1.29, 1.82) is 0 Å². The third kappa shape index (κ3) is 3.51. The quantitative estimate of drug-likeness (QED) is 0.614. The lowest BCUT2D eigenvalue weighted by atomic mass is 10.1. The predicted octanol–water partition coefficient (Wildman–Crippen LogP) is 2.57. The second-order valence-corrected chi connectivity index (χ2v) is 5.28. The van der Waals surface area contributed by atoms with E-state index >= 15 is 0 Å². The van der Waals surface area contributed by atoms with E-state index in [2.05, 4.69) is 4.90 Å². The van der Waals surface area contributed by atoms with Gasteiger partial charge >= 0.3 is 5.97 Å². The normalized spacial score (nSPS) is 16.1. The maximum atomic E-state index is 12.1. The maximum Gasteiger partial charge on any atom is 0.323 e. The van der Waals surface area contributed by atoms with E-state index in [0.29, 0.717) is 19.2 Å². The van der Waals surface area contributed by atoms with E-state index in [1.165, 1.54) is 0 Å². The highest BCUT2D eigenvalue weighted by Crippen LogP contribution is 2.32. The number of hydrogen-bond donors (Lipinski definition) is 1. The highest BCUT2D eigenvalue weighted by Gasteiger charge is 2.37. The monoisotopic (exact) mass is 276 g/mol. The Morgan fingerprint density at radius 1 is 1.40 bits per heavy atom. The van der Waals surface area contributed by atoms with Gasteiger partial charge in [-0.25, -0.2) is 0 Å². The first kappa shape index (κ1) is 14.9. The zero-order valence-corrected chi connectivity index (χ0v) is 12.3. The third-order valence-electron chi connectivity index (χ3n) is 3.77. The summed E-state index contributed by atoms with van der Waals surface area (Å²) in [6, 6.07) is 8.19. The third-order valence-corrected chi connectivity index (χ3v) is 3.77. The highest BCUT2D eigenvalue weighted by atomic mass is 16.5. The second-order valence-electron chi connectivity index (χ2n) is 5.28. The Morgan fingerprint density at radius 2 is 2.10 bits per heavy atom. The number of nitrogen functional groups attached to an aromatic ring is 1. The van der Waals surface area contributed by atoms with Gasteiger partial charge in [-0.15, -0.1) is 0 Å². The summed E-state index contributed by atoms with van der Waals surface area (Å²) in [5.41, 5.74) is 7.90. The number of rotatable bonds is 7. The molecule has 1 aliphatic rings. The van der Waals surface area contributed by atoms with Crippen LogP contribution in [0.4, 0.5) is 5.69 Å². The van der Waals surface area contributed by atoms with Gasteiger partial charge in [-0.2, -0.15) is 0 Å². The predicted molar refractivity (Wildman–Crippen MR) is 80.1 cm³/mol. The molecule has 1 aliphatic carbocycles. The SMILES string of the molecule is CCOC(=O)C(CC)N(Cc1ccccc1N)C1CC1. The molecule has 0 amide bonds. The van der Waals surface area contributed by atoms with Crippen molar-refractivity contribution in [1.82, 2.24) is 4.90 Å². The lowest BCUT2D eigenvalue weighted by molar-refractivity contribution is -0.150. The molecule has 110 valence electrons. The number of hydrogen-bond acceptors (Lipinski definition) is 4. The molecule has 1 saturated carbocycles. The van der Waals surface area contributed by atoms with Crippen LogP contribution in [0.3, 0.4) is 0 Å². The van der Waals surface area contributed by atoms with Gasteiger partial charge in [0, 0.05) is 18.3 Å². The molecule has 0 spiro atoms. The Balaban J connectivity index is 2.14. The number of carbonyl (C=O) groups is 1. The van der Waals surface area contributed by atoms with Gasteiger partial charge in [0.25, 0.3) is 0 Å². The van der Waals surface area contributed by atoms with E-state index in [1.807, 2.05) is 38.1 Å². The Kier molecular flexibility index (Phi) is 5.01. The largest absolute Gasteiger partial charge is 0.465 e. The lowest BCUT2D eigenvalue weighted by Crippen LogP contribution is -2.42. The molecule has 2 rings (SSSR count). The van der Waals surface area contributed by atoms with Crippen LogP contribution in [0.5, 0.6) is 0 Å². The Hall–Kier alpha value is -1.55. The number of carbonyl (C=O) groups excluding carboxylic acids is 1. The van der Waals surface area contributed by atoms with Gasteiger partial charge in [0.1, 0.15) is 6.04 Å². The van der Waals surface area contributed by atoms with E-state index < -0.39 is 0 Å². The minimum Gasteiger partial charge on any atom is -0.465 e. The minimum atomic E-state index is -0.165. The van der Waals surface area contributed by atoms with Crippen molar-refractivity contribution < 1.29 is 9.53 Å². The van der Waals surface area contributed by atoms with Gasteiger partial charge in [0.15, 0.2) is 0 Å². The molecular formula is C16H24N2O2. The molecule has 1 aromatic carbocycles. The molecule has 2 N–H and O–H groups in total. The van der Waals surface area contributed by atoms with Gasteiger partial charge < -0.3 is 10.5 Å². The van der Waals surface area contributed by atoms with Crippen molar-refractivity contribution in [2.45, 2.75) is 51.7 Å². The Labute approximate surface area is 120 Å². The van der Waals surface area contributed by atoms with E-state index in [4.69, 9.17) is 10.5 Å². The van der Waals surface area contributed by atoms with Crippen LogP contribution in [0.25, 0.3) is 0 Å².